The number of carbonyl (C=O) groups is 1. The highest BCUT2D eigenvalue weighted by atomic mass is 32.2. The van der Waals surface area contributed by atoms with Crippen LogP contribution in [-0.4, -0.2) is 61.7 Å². The molecule has 0 aliphatic carbocycles. The number of carbonyl (C=O) groups excluding carboxylic acids is 1. The molecule has 0 spiro atoms. The van der Waals surface area contributed by atoms with Crippen LogP contribution in [-0.2, 0) is 31.6 Å². The summed E-state index contributed by atoms with van der Waals surface area (Å²) in [5.41, 5.74) is -3.05. The number of benzene rings is 2. The van der Waals surface area contributed by atoms with Crippen LogP contribution in [0.4, 0.5) is 32.0 Å². The SMILES string of the molecule is C[C@@](OC(=O)C(F)(F)F)(c1ccc(N2CCN(S(=O)(=O)c3ccccc3S)C[C@H]2Cc2ccncc2)cc1)C(F)(F)F. The molecule has 3 aromatic rings. The summed E-state index contributed by atoms with van der Waals surface area (Å²) in [5.74, 6) is -2.97. The van der Waals surface area contributed by atoms with Crippen molar-refractivity contribution >= 4 is 34.3 Å². The maximum atomic E-state index is 13.9. The highest BCUT2D eigenvalue weighted by molar-refractivity contribution is 7.90. The summed E-state index contributed by atoms with van der Waals surface area (Å²) in [5, 5.41) is 0. The molecule has 2 aromatic carbocycles. The number of pyridine rings is 1. The zero-order chi connectivity index (χ0) is 30.9. The number of ether oxygens (including phenoxy) is 1. The lowest BCUT2D eigenvalue weighted by Gasteiger charge is -2.42. The van der Waals surface area contributed by atoms with Gasteiger partial charge in [-0.25, -0.2) is 13.2 Å². The van der Waals surface area contributed by atoms with E-state index >= 15 is 0 Å². The molecule has 0 radical (unpaired) electrons. The zero-order valence-electron chi connectivity index (χ0n) is 21.9. The molecule has 1 aliphatic heterocycles. The van der Waals surface area contributed by atoms with E-state index in [9.17, 15) is 39.6 Å². The number of sulfonamides is 1. The van der Waals surface area contributed by atoms with Crippen LogP contribution in [0.2, 0.25) is 0 Å². The fourth-order valence-corrected chi connectivity index (χ4v) is 6.72. The van der Waals surface area contributed by atoms with E-state index < -0.39 is 45.6 Å². The molecule has 1 aliphatic rings. The van der Waals surface area contributed by atoms with E-state index in [1.54, 1.807) is 42.7 Å². The minimum Gasteiger partial charge on any atom is -0.438 e. The number of thiol groups is 1. The van der Waals surface area contributed by atoms with Gasteiger partial charge in [0, 0.05) is 54.2 Å². The molecule has 1 saturated heterocycles. The van der Waals surface area contributed by atoms with Crippen LogP contribution in [0.5, 0.6) is 0 Å². The highest BCUT2D eigenvalue weighted by Crippen LogP contribution is 2.44. The third-order valence-electron chi connectivity index (χ3n) is 6.97. The van der Waals surface area contributed by atoms with Crippen molar-refractivity contribution in [1.82, 2.24) is 9.29 Å². The van der Waals surface area contributed by atoms with Crippen molar-refractivity contribution in [3.63, 3.8) is 0 Å². The van der Waals surface area contributed by atoms with Crippen LogP contribution in [0, 0.1) is 0 Å². The van der Waals surface area contributed by atoms with Crippen LogP contribution in [0.3, 0.4) is 0 Å². The molecular formula is C27H25F6N3O4S2. The number of piperazine rings is 1. The van der Waals surface area contributed by atoms with Crippen LogP contribution in [0.15, 0.2) is 82.8 Å². The van der Waals surface area contributed by atoms with Crippen molar-refractivity contribution < 1.29 is 44.3 Å². The Bertz CT molecular complexity index is 1520. The van der Waals surface area contributed by atoms with Crippen molar-refractivity contribution in [2.45, 2.75) is 47.1 Å². The average Bonchev–Trinajstić information content (AvgIpc) is 2.92. The lowest BCUT2D eigenvalue weighted by atomic mass is 9.94. The lowest BCUT2D eigenvalue weighted by molar-refractivity contribution is -0.285. The van der Waals surface area contributed by atoms with E-state index in [4.69, 9.17) is 0 Å². The van der Waals surface area contributed by atoms with Gasteiger partial charge in [-0.05, 0) is 55.3 Å². The molecule has 0 saturated carbocycles. The van der Waals surface area contributed by atoms with E-state index in [1.807, 2.05) is 4.90 Å². The maximum Gasteiger partial charge on any atom is 0.490 e. The second kappa shape index (κ2) is 11.8. The number of anilines is 1. The summed E-state index contributed by atoms with van der Waals surface area (Å²) >= 11 is 4.28. The molecule has 15 heteroatoms. The first-order chi connectivity index (χ1) is 19.5. The summed E-state index contributed by atoms with van der Waals surface area (Å²) in [4.78, 5) is 17.5. The first-order valence-electron chi connectivity index (χ1n) is 12.4. The van der Waals surface area contributed by atoms with Gasteiger partial charge in [0.25, 0.3) is 0 Å². The zero-order valence-corrected chi connectivity index (χ0v) is 23.6. The minimum absolute atomic E-state index is 0.0258. The predicted molar refractivity (Wildman–Crippen MR) is 144 cm³/mol. The topological polar surface area (TPSA) is 79.8 Å². The third-order valence-corrected chi connectivity index (χ3v) is 9.43. The van der Waals surface area contributed by atoms with Crippen molar-refractivity contribution in [3.8, 4) is 0 Å². The minimum atomic E-state index is -5.62. The van der Waals surface area contributed by atoms with Gasteiger partial charge in [-0.1, -0.05) is 24.3 Å². The summed E-state index contributed by atoms with van der Waals surface area (Å²) < 4.78 is 112. The van der Waals surface area contributed by atoms with Gasteiger partial charge in [-0.15, -0.1) is 12.6 Å². The Morgan fingerprint density at radius 1 is 0.976 bits per heavy atom. The van der Waals surface area contributed by atoms with Crippen LogP contribution >= 0.6 is 12.6 Å². The molecule has 7 nitrogen and oxygen atoms in total. The lowest BCUT2D eigenvalue weighted by Crippen LogP contribution is -2.55. The number of rotatable bonds is 7. The summed E-state index contributed by atoms with van der Waals surface area (Å²) in [6.45, 7) is 0.573. The molecule has 0 bridgehead atoms. The van der Waals surface area contributed by atoms with Crippen LogP contribution < -0.4 is 4.90 Å². The number of hydrogen-bond donors (Lipinski definition) is 1. The molecule has 1 aromatic heterocycles. The van der Waals surface area contributed by atoms with Crippen LogP contribution in [0.1, 0.15) is 18.1 Å². The van der Waals surface area contributed by atoms with E-state index in [1.165, 1.54) is 22.5 Å². The second-order valence-corrected chi connectivity index (χ2v) is 12.1. The molecule has 2 atom stereocenters. The largest absolute Gasteiger partial charge is 0.490 e. The smallest absolute Gasteiger partial charge is 0.438 e. The summed E-state index contributed by atoms with van der Waals surface area (Å²) in [6.07, 6.45) is -7.49. The summed E-state index contributed by atoms with van der Waals surface area (Å²) in [7, 11) is -3.94. The van der Waals surface area contributed by atoms with Crippen molar-refractivity contribution in [1.29, 1.82) is 0 Å². The van der Waals surface area contributed by atoms with Crippen LogP contribution in [0.25, 0.3) is 0 Å². The van der Waals surface area contributed by atoms with E-state index in [-0.39, 0.29) is 29.4 Å². The number of esters is 1. The number of aromatic nitrogens is 1. The molecule has 0 unspecified atom stereocenters. The standard InChI is InChI=1S/C27H25F6N3O4S2/c1-25(27(31,32)33,40-24(37)26(28,29)30)19-6-8-20(9-7-19)36-15-14-35(17-21(36)16-18-10-12-34-13-11-18)42(38,39)23-5-3-2-4-22(23)41/h2-13,21,41H,14-17H2,1H3/t21-,25-/m1/s1. The number of hydrogen-bond acceptors (Lipinski definition) is 7. The normalized spacial score (nSPS) is 18.4. The maximum absolute atomic E-state index is 13.9. The third kappa shape index (κ3) is 6.52. The molecule has 0 amide bonds. The fraction of sp³-hybridized carbons (Fsp3) is 0.333. The van der Waals surface area contributed by atoms with Gasteiger partial charge >= 0.3 is 18.3 Å². The molecule has 4 rings (SSSR count). The Morgan fingerprint density at radius 2 is 1.60 bits per heavy atom. The van der Waals surface area contributed by atoms with Crippen molar-refractivity contribution in [2.24, 2.45) is 0 Å². The first-order valence-corrected chi connectivity index (χ1v) is 14.3. The number of nitrogens with zero attached hydrogens (tertiary/aromatic N) is 3. The van der Waals surface area contributed by atoms with Crippen molar-refractivity contribution in [3.05, 3.63) is 84.2 Å². The molecule has 2 heterocycles. The van der Waals surface area contributed by atoms with E-state index in [2.05, 4.69) is 22.3 Å². The average molecular weight is 634 g/mol. The molecule has 226 valence electrons. The van der Waals surface area contributed by atoms with E-state index in [0.717, 1.165) is 17.7 Å². The Morgan fingerprint density at radius 3 is 2.17 bits per heavy atom. The van der Waals surface area contributed by atoms with Gasteiger partial charge in [0.2, 0.25) is 15.6 Å². The van der Waals surface area contributed by atoms with Gasteiger partial charge in [-0.2, -0.15) is 30.6 Å². The molecule has 1 fully saturated rings. The van der Waals surface area contributed by atoms with Gasteiger partial charge < -0.3 is 9.64 Å². The van der Waals surface area contributed by atoms with Gasteiger partial charge in [0.05, 0.1) is 4.90 Å². The number of halogens is 6. The second-order valence-electron chi connectivity index (χ2n) is 9.70. The number of alkyl halides is 6. The Kier molecular flexibility index (Phi) is 8.86. The Hall–Kier alpha value is -3.30. The Labute approximate surface area is 243 Å². The Balaban J connectivity index is 1.66. The molecular weight excluding hydrogens is 608 g/mol. The van der Waals surface area contributed by atoms with Gasteiger partial charge in [0.1, 0.15) is 0 Å². The fourth-order valence-electron chi connectivity index (χ4n) is 4.66. The van der Waals surface area contributed by atoms with Gasteiger partial charge in [0.15, 0.2) is 0 Å². The van der Waals surface area contributed by atoms with Crippen molar-refractivity contribution in [2.75, 3.05) is 24.5 Å². The monoisotopic (exact) mass is 633 g/mol. The first kappa shape index (κ1) is 31.6. The predicted octanol–water partition coefficient (Wildman–Crippen LogP) is 5.38. The molecule has 0 N–H and O–H groups in total. The van der Waals surface area contributed by atoms with Gasteiger partial charge in [-0.3, -0.25) is 4.98 Å². The summed E-state index contributed by atoms with van der Waals surface area (Å²) in [6, 6.07) is 13.7. The van der Waals surface area contributed by atoms with E-state index in [0.29, 0.717) is 19.0 Å². The highest BCUT2D eigenvalue weighted by Gasteiger charge is 2.59. The molecule has 42 heavy (non-hydrogen) atoms. The quantitative estimate of drug-likeness (QED) is 0.214.